The van der Waals surface area contributed by atoms with Gasteiger partial charge in [0.2, 0.25) is 0 Å². The van der Waals surface area contributed by atoms with Crippen molar-refractivity contribution in [1.29, 1.82) is 0 Å². The molecule has 0 aromatic heterocycles. The molecule has 0 amide bonds. The molecule has 0 spiro atoms. The summed E-state index contributed by atoms with van der Waals surface area (Å²) in [4.78, 5) is 0. The molecule has 2 aliphatic rings. The summed E-state index contributed by atoms with van der Waals surface area (Å²) in [7, 11) is -3.08. The molecule has 0 aromatic rings. The largest absolute Gasteiger partial charge is 0.0902 e. The Morgan fingerprint density at radius 3 is 1.46 bits per heavy atom. The van der Waals surface area contributed by atoms with Gasteiger partial charge in [-0.2, -0.15) is 0 Å². The first-order chi connectivity index (χ1) is 12.9. The van der Waals surface area contributed by atoms with Gasteiger partial charge in [-0.3, -0.25) is 0 Å². The van der Waals surface area contributed by atoms with Gasteiger partial charge >= 0.3 is 0 Å². The van der Waals surface area contributed by atoms with Crippen molar-refractivity contribution in [2.24, 2.45) is 0 Å². The Labute approximate surface area is 179 Å². The lowest BCUT2D eigenvalue weighted by Gasteiger charge is -2.48. The highest BCUT2D eigenvalue weighted by molar-refractivity contribution is 6.90. The second-order valence-corrected chi connectivity index (χ2v) is 23.5. The Bertz CT molecular complexity index is 612. The molecule has 1 unspecified atom stereocenters. The van der Waals surface area contributed by atoms with Crippen LogP contribution in [0.4, 0.5) is 0 Å². The van der Waals surface area contributed by atoms with Gasteiger partial charge < -0.3 is 0 Å². The van der Waals surface area contributed by atoms with Crippen LogP contribution in [0, 0.1) is 0 Å². The molecule has 0 nitrogen and oxygen atoms in total. The first kappa shape index (κ1) is 23.9. The van der Waals surface area contributed by atoms with Crippen molar-refractivity contribution < 1.29 is 0 Å². The maximum absolute atomic E-state index is 2.68. The minimum atomic E-state index is -1.56. The molecule has 0 bridgehead atoms. The third-order valence-electron chi connectivity index (χ3n) is 8.88. The second kappa shape index (κ2) is 8.42. The van der Waals surface area contributed by atoms with Crippen LogP contribution in [0.2, 0.25) is 38.8 Å². The van der Waals surface area contributed by atoms with Crippen molar-refractivity contribution in [2.75, 3.05) is 0 Å². The highest BCUT2D eigenvalue weighted by Gasteiger charge is 2.53. The van der Waals surface area contributed by atoms with Gasteiger partial charge in [-0.15, -0.1) is 0 Å². The van der Waals surface area contributed by atoms with Crippen LogP contribution in [0.25, 0.3) is 0 Å². The van der Waals surface area contributed by atoms with Crippen molar-refractivity contribution in [3.63, 3.8) is 0 Å². The van der Waals surface area contributed by atoms with Crippen LogP contribution in [0.1, 0.15) is 89.5 Å². The molecule has 0 saturated heterocycles. The van der Waals surface area contributed by atoms with Crippen molar-refractivity contribution in [1.82, 2.24) is 0 Å². The summed E-state index contributed by atoms with van der Waals surface area (Å²) >= 11 is 0. The number of rotatable bonds is 8. The van der Waals surface area contributed by atoms with Gasteiger partial charge in [0.1, 0.15) is 0 Å². The van der Waals surface area contributed by atoms with Gasteiger partial charge in [-0.05, 0) is 56.4 Å². The molecule has 0 saturated carbocycles. The van der Waals surface area contributed by atoms with Crippen LogP contribution >= 0.6 is 0 Å². The van der Waals surface area contributed by atoms with E-state index in [1.165, 1.54) is 6.42 Å². The van der Waals surface area contributed by atoms with Gasteiger partial charge in [-0.1, -0.05) is 107 Å². The van der Waals surface area contributed by atoms with E-state index in [1.807, 2.05) is 5.20 Å². The predicted molar refractivity (Wildman–Crippen MR) is 135 cm³/mol. The predicted octanol–water partition coefficient (Wildman–Crippen LogP) is 9.45. The third-order valence-corrected chi connectivity index (χ3v) is 23.7. The summed E-state index contributed by atoms with van der Waals surface area (Å²) in [6.07, 6.45) is 9.17. The van der Waals surface area contributed by atoms with Gasteiger partial charge in [0.15, 0.2) is 0 Å². The SMILES string of the molecule is CC(C)[Si](C1=C2C=CC([Si](C(C)C)(C(C)C)C(C)C)C2=CC1)(C(C)C)C(C)C. The van der Waals surface area contributed by atoms with Crippen molar-refractivity contribution in [3.8, 4) is 0 Å². The zero-order valence-corrected chi connectivity index (χ0v) is 23.0. The molecule has 1 atom stereocenters. The molecular weight excluding hydrogens is 368 g/mol. The highest BCUT2D eigenvalue weighted by atomic mass is 28.3. The quantitative estimate of drug-likeness (QED) is 0.345. The van der Waals surface area contributed by atoms with E-state index >= 15 is 0 Å². The monoisotopic (exact) mass is 416 g/mol. The lowest BCUT2D eigenvalue weighted by atomic mass is 10.2. The minimum absolute atomic E-state index is 0.721. The van der Waals surface area contributed by atoms with Crippen LogP contribution in [0.15, 0.2) is 34.6 Å². The first-order valence-electron chi connectivity index (χ1n) is 12.0. The van der Waals surface area contributed by atoms with E-state index < -0.39 is 16.1 Å². The van der Waals surface area contributed by atoms with Crippen LogP contribution in [0.5, 0.6) is 0 Å². The number of hydrogen-bond acceptors (Lipinski definition) is 0. The molecule has 0 heterocycles. The minimum Gasteiger partial charge on any atom is -0.0791 e. The van der Waals surface area contributed by atoms with Crippen LogP contribution in [-0.2, 0) is 0 Å². The molecule has 2 aliphatic carbocycles. The van der Waals surface area contributed by atoms with E-state index in [0.717, 1.165) is 38.8 Å². The van der Waals surface area contributed by atoms with Crippen molar-refractivity contribution >= 4 is 16.1 Å². The summed E-state index contributed by atoms with van der Waals surface area (Å²) in [6.45, 7) is 30.2. The van der Waals surface area contributed by atoms with E-state index in [9.17, 15) is 0 Å². The second-order valence-electron chi connectivity index (χ2n) is 11.5. The molecule has 2 rings (SSSR count). The first-order valence-corrected chi connectivity index (χ1v) is 16.5. The van der Waals surface area contributed by atoms with Gasteiger partial charge in [0.25, 0.3) is 0 Å². The smallest absolute Gasteiger partial charge is 0.0791 e. The van der Waals surface area contributed by atoms with Gasteiger partial charge in [0.05, 0.1) is 16.1 Å². The van der Waals surface area contributed by atoms with E-state index in [4.69, 9.17) is 0 Å². The molecule has 28 heavy (non-hydrogen) atoms. The van der Waals surface area contributed by atoms with E-state index in [-0.39, 0.29) is 0 Å². The summed E-state index contributed by atoms with van der Waals surface area (Å²) in [5, 5.41) is 1.89. The molecular formula is C26H48Si2. The summed E-state index contributed by atoms with van der Waals surface area (Å²) in [6, 6.07) is 0. The van der Waals surface area contributed by atoms with Crippen molar-refractivity contribution in [3.05, 3.63) is 34.6 Å². The standard InChI is InChI=1S/C26H48Si2/c1-17(2)27(18(3)4,19(5)6)25-15-13-24-23(25)14-16-26(24)28(20(7)8,21(9)10)22(11)12/h13-15,17-22,25H,16H2,1-12H3. The molecule has 0 aliphatic heterocycles. The van der Waals surface area contributed by atoms with Gasteiger partial charge in [-0.25, -0.2) is 0 Å². The molecule has 0 fully saturated rings. The molecule has 0 radical (unpaired) electrons. The van der Waals surface area contributed by atoms with Crippen LogP contribution in [0.3, 0.4) is 0 Å². The van der Waals surface area contributed by atoms with E-state index in [1.54, 1.807) is 11.1 Å². The Kier molecular flexibility index (Phi) is 7.19. The number of hydrogen-bond donors (Lipinski definition) is 0. The fraction of sp³-hybridized carbons (Fsp3) is 0.769. The summed E-state index contributed by atoms with van der Waals surface area (Å²) < 4.78 is 0. The lowest BCUT2D eigenvalue weighted by molar-refractivity contribution is 0.786. The zero-order chi connectivity index (χ0) is 21.6. The molecule has 2 heteroatoms. The van der Waals surface area contributed by atoms with E-state index in [0.29, 0.717) is 0 Å². The van der Waals surface area contributed by atoms with Gasteiger partial charge in [0, 0.05) is 0 Å². The fourth-order valence-electron chi connectivity index (χ4n) is 8.36. The van der Waals surface area contributed by atoms with Crippen molar-refractivity contribution in [2.45, 2.75) is 128 Å². The normalized spacial score (nSPS) is 20.8. The topological polar surface area (TPSA) is 0 Å². The molecule has 0 aromatic carbocycles. The maximum Gasteiger partial charge on any atom is 0.0902 e. The molecule has 160 valence electrons. The Hall–Kier alpha value is -0.346. The van der Waals surface area contributed by atoms with E-state index in [2.05, 4.69) is 101 Å². The Morgan fingerprint density at radius 1 is 0.679 bits per heavy atom. The number of fused-ring (bicyclic) bond motifs is 1. The van der Waals surface area contributed by atoms with Crippen LogP contribution in [-0.4, -0.2) is 16.1 Å². The Balaban J connectivity index is 2.64. The number of allylic oxidation sites excluding steroid dienone is 6. The summed E-state index contributed by atoms with van der Waals surface area (Å²) in [5.74, 6) is 0. The average Bonchev–Trinajstić information content (AvgIpc) is 3.10. The zero-order valence-electron chi connectivity index (χ0n) is 21.0. The molecule has 0 N–H and O–H groups in total. The van der Waals surface area contributed by atoms with Crippen LogP contribution < -0.4 is 0 Å². The average molecular weight is 417 g/mol. The maximum atomic E-state index is 2.68. The third kappa shape index (κ3) is 3.21. The lowest BCUT2D eigenvalue weighted by Crippen LogP contribution is -2.48. The Morgan fingerprint density at radius 2 is 1.11 bits per heavy atom. The summed E-state index contributed by atoms with van der Waals surface area (Å²) in [5.41, 5.74) is 9.02. The highest BCUT2D eigenvalue weighted by Crippen LogP contribution is 2.60. The fourth-order valence-corrected chi connectivity index (χ4v) is 23.0.